The van der Waals surface area contributed by atoms with Crippen LogP contribution in [0.25, 0.3) is 0 Å². The second kappa shape index (κ2) is 9.08. The van der Waals surface area contributed by atoms with Crippen LogP contribution in [0.4, 0.5) is 5.69 Å². The van der Waals surface area contributed by atoms with Crippen molar-refractivity contribution in [3.63, 3.8) is 0 Å². The van der Waals surface area contributed by atoms with Crippen molar-refractivity contribution in [1.82, 2.24) is 4.90 Å². The number of hydrogen-bond acceptors (Lipinski definition) is 6. The number of ether oxygens (including phenoxy) is 2. The summed E-state index contributed by atoms with van der Waals surface area (Å²) in [7, 11) is 2.82. The standard InChI is InChI=1S/C27H36N2O4/c1-16(2)24-28(23-17(3)12-21(13-18(23)4)25(30)32-8)10-11-29(24)27(7)19(5)14-22(15-20(27)6)26(31)33-9/h10-16,19,24H,1-9H3. The lowest BCUT2D eigenvalue weighted by atomic mass is 9.74. The van der Waals surface area contributed by atoms with E-state index < -0.39 is 0 Å². The maximum absolute atomic E-state index is 12.2. The molecule has 1 aromatic carbocycles. The zero-order chi connectivity index (χ0) is 24.7. The average Bonchev–Trinajstić information content (AvgIpc) is 3.20. The molecule has 0 amide bonds. The van der Waals surface area contributed by atoms with E-state index in [9.17, 15) is 9.59 Å². The normalized spacial score (nSPS) is 24.7. The molecular formula is C27H36N2O4. The summed E-state index contributed by atoms with van der Waals surface area (Å²) in [6.07, 6.45) is 8.30. The van der Waals surface area contributed by atoms with E-state index in [4.69, 9.17) is 9.47 Å². The van der Waals surface area contributed by atoms with Crippen molar-refractivity contribution in [2.24, 2.45) is 11.8 Å². The molecule has 3 atom stereocenters. The Labute approximate surface area is 197 Å². The van der Waals surface area contributed by atoms with Crippen molar-refractivity contribution in [3.05, 3.63) is 64.5 Å². The summed E-state index contributed by atoms with van der Waals surface area (Å²) < 4.78 is 9.87. The van der Waals surface area contributed by atoms with E-state index in [1.54, 1.807) is 0 Å². The third-order valence-electron chi connectivity index (χ3n) is 7.17. The fourth-order valence-corrected chi connectivity index (χ4v) is 5.23. The van der Waals surface area contributed by atoms with Gasteiger partial charge in [0.05, 0.1) is 30.9 Å². The summed E-state index contributed by atoms with van der Waals surface area (Å²) in [5.41, 5.74) is 5.11. The molecule has 0 radical (unpaired) electrons. The average molecular weight is 453 g/mol. The van der Waals surface area contributed by atoms with Crippen LogP contribution in [0.2, 0.25) is 0 Å². The van der Waals surface area contributed by atoms with Crippen LogP contribution in [0.5, 0.6) is 0 Å². The molecule has 0 spiro atoms. The quantitative estimate of drug-likeness (QED) is 0.578. The minimum Gasteiger partial charge on any atom is -0.465 e. The van der Waals surface area contributed by atoms with Gasteiger partial charge in [0.25, 0.3) is 0 Å². The van der Waals surface area contributed by atoms with Crippen molar-refractivity contribution < 1.29 is 19.1 Å². The maximum Gasteiger partial charge on any atom is 0.337 e. The number of rotatable bonds is 5. The van der Waals surface area contributed by atoms with Gasteiger partial charge < -0.3 is 19.3 Å². The number of hydrogen-bond donors (Lipinski definition) is 0. The molecule has 33 heavy (non-hydrogen) atoms. The fraction of sp³-hybridized carbons (Fsp3) is 0.481. The van der Waals surface area contributed by atoms with Crippen molar-refractivity contribution in [2.75, 3.05) is 19.1 Å². The lowest BCUT2D eigenvalue weighted by Crippen LogP contribution is -2.57. The molecule has 0 fully saturated rings. The molecule has 1 aliphatic heterocycles. The van der Waals surface area contributed by atoms with E-state index in [0.717, 1.165) is 22.4 Å². The molecule has 1 heterocycles. The second-order valence-corrected chi connectivity index (χ2v) is 9.60. The van der Waals surface area contributed by atoms with Crippen molar-refractivity contribution in [1.29, 1.82) is 0 Å². The second-order valence-electron chi connectivity index (χ2n) is 9.60. The Morgan fingerprint density at radius 1 is 1.00 bits per heavy atom. The molecule has 6 heteroatoms. The number of benzene rings is 1. The third-order valence-corrected chi connectivity index (χ3v) is 7.17. The fourth-order valence-electron chi connectivity index (χ4n) is 5.23. The third kappa shape index (κ3) is 4.07. The number of anilines is 1. The molecule has 0 saturated carbocycles. The van der Waals surface area contributed by atoms with Crippen LogP contribution in [0, 0.1) is 25.7 Å². The zero-order valence-corrected chi connectivity index (χ0v) is 21.2. The molecule has 0 N–H and O–H groups in total. The van der Waals surface area contributed by atoms with Crippen molar-refractivity contribution in [2.45, 2.75) is 60.2 Å². The van der Waals surface area contributed by atoms with Crippen LogP contribution in [-0.2, 0) is 14.3 Å². The Hall–Kier alpha value is -3.02. The topological polar surface area (TPSA) is 59.1 Å². The lowest BCUT2D eigenvalue weighted by Gasteiger charge is -2.51. The monoisotopic (exact) mass is 452 g/mol. The first-order valence-corrected chi connectivity index (χ1v) is 11.4. The highest BCUT2D eigenvalue weighted by Crippen LogP contribution is 2.45. The molecule has 6 nitrogen and oxygen atoms in total. The lowest BCUT2D eigenvalue weighted by molar-refractivity contribution is -0.135. The van der Waals surface area contributed by atoms with Gasteiger partial charge in [0.2, 0.25) is 0 Å². The van der Waals surface area contributed by atoms with Gasteiger partial charge in [-0.2, -0.15) is 0 Å². The minimum absolute atomic E-state index is 0.0650. The van der Waals surface area contributed by atoms with Gasteiger partial charge >= 0.3 is 11.9 Å². The number of esters is 2. The highest BCUT2D eigenvalue weighted by molar-refractivity contribution is 5.92. The molecule has 2 aliphatic rings. The molecule has 0 bridgehead atoms. The smallest absolute Gasteiger partial charge is 0.337 e. The van der Waals surface area contributed by atoms with Gasteiger partial charge in [-0.1, -0.05) is 26.8 Å². The van der Waals surface area contributed by atoms with E-state index >= 15 is 0 Å². The van der Waals surface area contributed by atoms with E-state index in [-0.39, 0.29) is 29.6 Å². The Balaban J connectivity index is 2.03. The SMILES string of the molecule is COC(=O)C1=CC(C)C(C)(N2C=CN(c3c(C)cc(C(=O)OC)cc3C)C2C(C)C)C(C)=C1. The molecule has 1 aromatic rings. The van der Waals surface area contributed by atoms with Gasteiger partial charge in [-0.3, -0.25) is 0 Å². The first-order valence-electron chi connectivity index (χ1n) is 11.4. The highest BCUT2D eigenvalue weighted by Gasteiger charge is 2.46. The first kappa shape index (κ1) is 24.6. The molecule has 3 rings (SSSR count). The number of carbonyl (C=O) groups is 2. The summed E-state index contributed by atoms with van der Waals surface area (Å²) in [6, 6.07) is 3.78. The summed E-state index contributed by atoms with van der Waals surface area (Å²) >= 11 is 0. The summed E-state index contributed by atoms with van der Waals surface area (Å²) in [5, 5.41) is 0. The number of methoxy groups -OCH3 is 2. The van der Waals surface area contributed by atoms with Crippen LogP contribution < -0.4 is 4.90 Å². The Morgan fingerprint density at radius 3 is 2.06 bits per heavy atom. The molecule has 0 aromatic heterocycles. The first-order chi connectivity index (χ1) is 15.5. The van der Waals surface area contributed by atoms with Crippen molar-refractivity contribution >= 4 is 17.6 Å². The largest absolute Gasteiger partial charge is 0.465 e. The highest BCUT2D eigenvalue weighted by atomic mass is 16.5. The summed E-state index contributed by atoms with van der Waals surface area (Å²) in [5.74, 6) is -0.239. The molecule has 0 saturated heterocycles. The van der Waals surface area contributed by atoms with Gasteiger partial charge in [0.1, 0.15) is 6.17 Å². The predicted octanol–water partition coefficient (Wildman–Crippen LogP) is 5.12. The number of aryl methyl sites for hydroxylation is 2. The van der Waals surface area contributed by atoms with E-state index in [2.05, 4.69) is 56.8 Å². The van der Waals surface area contributed by atoms with Crippen LogP contribution in [0.3, 0.4) is 0 Å². The van der Waals surface area contributed by atoms with Gasteiger partial charge in [-0.25, -0.2) is 9.59 Å². The minimum atomic E-state index is -0.329. The Bertz CT molecular complexity index is 1030. The van der Waals surface area contributed by atoms with Gasteiger partial charge in [-0.15, -0.1) is 0 Å². The van der Waals surface area contributed by atoms with E-state index in [0.29, 0.717) is 17.1 Å². The van der Waals surface area contributed by atoms with Crippen molar-refractivity contribution in [3.8, 4) is 0 Å². The molecule has 3 unspecified atom stereocenters. The van der Waals surface area contributed by atoms with Gasteiger partial charge in [0, 0.05) is 24.0 Å². The molecular weight excluding hydrogens is 416 g/mol. The Morgan fingerprint density at radius 2 is 1.58 bits per heavy atom. The van der Waals surface area contributed by atoms with Gasteiger partial charge in [-0.05, 0) is 68.5 Å². The van der Waals surface area contributed by atoms with Crippen LogP contribution in [-0.4, -0.2) is 42.8 Å². The van der Waals surface area contributed by atoms with E-state index in [1.807, 2.05) is 38.1 Å². The van der Waals surface area contributed by atoms with Crippen LogP contribution in [0.1, 0.15) is 56.1 Å². The predicted molar refractivity (Wildman–Crippen MR) is 131 cm³/mol. The number of nitrogens with zero attached hydrogens (tertiary/aromatic N) is 2. The summed E-state index contributed by atoms with van der Waals surface area (Å²) in [4.78, 5) is 29.0. The summed E-state index contributed by atoms with van der Waals surface area (Å²) in [6.45, 7) is 15.0. The Kier molecular flexibility index (Phi) is 6.78. The molecule has 1 aliphatic carbocycles. The molecule has 178 valence electrons. The van der Waals surface area contributed by atoms with Crippen LogP contribution >= 0.6 is 0 Å². The zero-order valence-electron chi connectivity index (χ0n) is 21.2. The van der Waals surface area contributed by atoms with Crippen LogP contribution in [0.15, 0.2) is 47.8 Å². The maximum atomic E-state index is 12.2. The number of carbonyl (C=O) groups excluding carboxylic acids is 2. The van der Waals surface area contributed by atoms with Gasteiger partial charge in [0.15, 0.2) is 0 Å². The van der Waals surface area contributed by atoms with E-state index in [1.165, 1.54) is 14.2 Å².